The number of nitrogens with one attached hydrogen (secondary N) is 1. The zero-order valence-electron chi connectivity index (χ0n) is 13.2. The molecule has 2 aromatic heterocycles. The van der Waals surface area contributed by atoms with E-state index >= 15 is 0 Å². The molecule has 0 aliphatic rings. The Morgan fingerprint density at radius 2 is 2.21 bits per heavy atom. The van der Waals surface area contributed by atoms with Crippen LogP contribution >= 0.6 is 11.6 Å². The van der Waals surface area contributed by atoms with E-state index in [2.05, 4.69) is 28.0 Å². The zero-order chi connectivity index (χ0) is 17.1. The van der Waals surface area contributed by atoms with Gasteiger partial charge in [-0.3, -0.25) is 4.79 Å². The van der Waals surface area contributed by atoms with Gasteiger partial charge < -0.3 is 9.88 Å². The number of hydrogen-bond donors (Lipinski definition) is 1. The van der Waals surface area contributed by atoms with Gasteiger partial charge in [0.05, 0.1) is 10.6 Å². The van der Waals surface area contributed by atoms with Crippen molar-refractivity contribution in [3.8, 4) is 0 Å². The largest absolute Gasteiger partial charge is 0.352 e. The van der Waals surface area contributed by atoms with E-state index < -0.39 is 5.82 Å². The number of fused-ring (bicyclic) bond motifs is 1. The first-order chi connectivity index (χ1) is 11.6. The molecule has 2 heterocycles. The number of benzene rings is 1. The summed E-state index contributed by atoms with van der Waals surface area (Å²) < 4.78 is 15.3. The minimum atomic E-state index is -0.485. The van der Waals surface area contributed by atoms with Crippen LogP contribution in [0.5, 0.6) is 0 Å². The Morgan fingerprint density at radius 1 is 1.38 bits per heavy atom. The van der Waals surface area contributed by atoms with Crippen molar-refractivity contribution < 1.29 is 9.18 Å². The van der Waals surface area contributed by atoms with E-state index in [1.807, 2.05) is 12.1 Å². The fourth-order valence-electron chi connectivity index (χ4n) is 2.71. The second-order valence-electron chi connectivity index (χ2n) is 5.44. The highest BCUT2D eigenvalue weighted by Gasteiger charge is 2.12. The van der Waals surface area contributed by atoms with Gasteiger partial charge in [-0.1, -0.05) is 11.6 Å². The number of carbonyl (C=O) groups is 1. The molecule has 0 spiro atoms. The summed E-state index contributed by atoms with van der Waals surface area (Å²) in [5.41, 5.74) is 2.20. The monoisotopic (exact) mass is 345 g/mol. The summed E-state index contributed by atoms with van der Waals surface area (Å²) in [6.07, 6.45) is 4.48. The van der Waals surface area contributed by atoms with Crippen LogP contribution in [0, 0.1) is 5.82 Å². The number of amides is 1. The zero-order valence-corrected chi connectivity index (χ0v) is 14.0. The van der Waals surface area contributed by atoms with E-state index in [4.69, 9.17) is 11.6 Å². The second kappa shape index (κ2) is 7.01. The van der Waals surface area contributed by atoms with Crippen LogP contribution in [0.3, 0.4) is 0 Å². The van der Waals surface area contributed by atoms with Gasteiger partial charge in [0.25, 0.3) is 5.91 Å². The van der Waals surface area contributed by atoms with Crippen LogP contribution in [0.4, 0.5) is 4.39 Å². The molecule has 0 unspecified atom stereocenters. The number of nitrogens with zero attached hydrogens (tertiary/aromatic N) is 2. The first-order valence-electron chi connectivity index (χ1n) is 7.76. The summed E-state index contributed by atoms with van der Waals surface area (Å²) in [6, 6.07) is 7.68. The van der Waals surface area contributed by atoms with Gasteiger partial charge in [0.1, 0.15) is 11.5 Å². The summed E-state index contributed by atoms with van der Waals surface area (Å²) in [4.78, 5) is 16.6. The quantitative estimate of drug-likeness (QED) is 0.764. The average molecular weight is 346 g/mol. The molecule has 4 nitrogen and oxygen atoms in total. The maximum atomic E-state index is 13.3. The third kappa shape index (κ3) is 3.26. The van der Waals surface area contributed by atoms with Crippen molar-refractivity contribution in [2.24, 2.45) is 0 Å². The van der Waals surface area contributed by atoms with Crippen LogP contribution in [0.15, 0.2) is 42.7 Å². The molecule has 1 N–H and O–H groups in total. The lowest BCUT2D eigenvalue weighted by Gasteiger charge is -2.06. The number of halogens is 2. The average Bonchev–Trinajstić information content (AvgIpc) is 2.95. The molecule has 0 saturated carbocycles. The van der Waals surface area contributed by atoms with Crippen molar-refractivity contribution in [2.45, 2.75) is 19.9 Å². The molecule has 1 aromatic carbocycles. The van der Waals surface area contributed by atoms with Gasteiger partial charge in [-0.2, -0.15) is 0 Å². The maximum Gasteiger partial charge on any atom is 0.252 e. The van der Waals surface area contributed by atoms with Crippen LogP contribution < -0.4 is 5.32 Å². The van der Waals surface area contributed by atoms with Crippen molar-refractivity contribution in [3.63, 3.8) is 0 Å². The highest BCUT2D eigenvalue weighted by atomic mass is 35.5. The summed E-state index contributed by atoms with van der Waals surface area (Å²) >= 11 is 5.95. The standard InChI is InChI=1S/C18H17ClFN3O/c1-2-23-11-12(14-4-3-8-21-17(14)23)7-9-22-18(24)15-10-13(20)5-6-16(15)19/h3-6,8,10-11H,2,7,9H2,1H3,(H,22,24). The number of carbonyl (C=O) groups excluding carboxylic acids is 1. The minimum absolute atomic E-state index is 0.148. The Morgan fingerprint density at radius 3 is 3.00 bits per heavy atom. The molecular formula is C18H17ClFN3O. The van der Waals surface area contributed by atoms with Crippen molar-refractivity contribution in [3.05, 3.63) is 64.7 Å². The number of pyridine rings is 1. The Hall–Kier alpha value is -2.40. The predicted molar refractivity (Wildman–Crippen MR) is 92.9 cm³/mol. The Bertz CT molecular complexity index is 891. The molecule has 0 saturated heterocycles. The van der Waals surface area contributed by atoms with Crippen molar-refractivity contribution in [1.82, 2.24) is 14.9 Å². The summed E-state index contributed by atoms with van der Waals surface area (Å²) in [6.45, 7) is 3.33. The van der Waals surface area contributed by atoms with Crippen molar-refractivity contribution in [2.75, 3.05) is 6.54 Å². The molecule has 0 aliphatic heterocycles. The molecule has 0 aliphatic carbocycles. The SMILES string of the molecule is CCn1cc(CCNC(=O)c2cc(F)ccc2Cl)c2cccnc21. The van der Waals surface area contributed by atoms with E-state index in [1.165, 1.54) is 12.1 Å². The topological polar surface area (TPSA) is 46.9 Å². The lowest BCUT2D eigenvalue weighted by Crippen LogP contribution is -2.26. The Labute approximate surface area is 144 Å². The van der Waals surface area contributed by atoms with Gasteiger partial charge in [-0.05, 0) is 49.2 Å². The number of aromatic nitrogens is 2. The van der Waals surface area contributed by atoms with E-state index in [1.54, 1.807) is 6.20 Å². The summed E-state index contributed by atoms with van der Waals surface area (Å²) in [5.74, 6) is -0.863. The third-order valence-electron chi connectivity index (χ3n) is 3.91. The smallest absolute Gasteiger partial charge is 0.252 e. The highest BCUT2D eigenvalue weighted by Crippen LogP contribution is 2.20. The molecular weight excluding hydrogens is 329 g/mol. The number of rotatable bonds is 5. The fraction of sp³-hybridized carbons (Fsp3) is 0.222. The molecule has 0 atom stereocenters. The van der Waals surface area contributed by atoms with E-state index in [9.17, 15) is 9.18 Å². The fourth-order valence-corrected chi connectivity index (χ4v) is 2.92. The second-order valence-corrected chi connectivity index (χ2v) is 5.85. The van der Waals surface area contributed by atoms with Gasteiger partial charge in [0.15, 0.2) is 0 Å². The van der Waals surface area contributed by atoms with E-state index in [0.717, 1.165) is 29.2 Å². The molecule has 0 bridgehead atoms. The van der Waals surface area contributed by atoms with Gasteiger partial charge in [-0.25, -0.2) is 9.37 Å². The van der Waals surface area contributed by atoms with Crippen LogP contribution in [0.2, 0.25) is 5.02 Å². The summed E-state index contributed by atoms with van der Waals surface area (Å²) in [5, 5.41) is 4.11. The maximum absolute atomic E-state index is 13.3. The molecule has 6 heteroatoms. The van der Waals surface area contributed by atoms with Crippen LogP contribution in [-0.2, 0) is 13.0 Å². The third-order valence-corrected chi connectivity index (χ3v) is 4.24. The first-order valence-corrected chi connectivity index (χ1v) is 8.14. The van der Waals surface area contributed by atoms with Crippen molar-refractivity contribution in [1.29, 1.82) is 0 Å². The lowest BCUT2D eigenvalue weighted by molar-refractivity contribution is 0.0954. The Balaban J connectivity index is 1.71. The predicted octanol–water partition coefficient (Wildman–Crippen LogP) is 3.82. The molecule has 1 amide bonds. The molecule has 0 fully saturated rings. The van der Waals surface area contributed by atoms with Crippen LogP contribution in [0.25, 0.3) is 11.0 Å². The van der Waals surface area contributed by atoms with Gasteiger partial charge >= 0.3 is 0 Å². The lowest BCUT2D eigenvalue weighted by atomic mass is 10.1. The van der Waals surface area contributed by atoms with Gasteiger partial charge in [0.2, 0.25) is 0 Å². The summed E-state index contributed by atoms with van der Waals surface area (Å²) in [7, 11) is 0. The molecule has 3 aromatic rings. The van der Waals surface area contributed by atoms with Gasteiger partial charge in [0, 0.05) is 30.9 Å². The molecule has 0 radical (unpaired) electrons. The molecule has 24 heavy (non-hydrogen) atoms. The molecule has 3 rings (SSSR count). The van der Waals surface area contributed by atoms with Crippen LogP contribution in [0.1, 0.15) is 22.8 Å². The number of hydrogen-bond acceptors (Lipinski definition) is 2. The van der Waals surface area contributed by atoms with Gasteiger partial charge in [-0.15, -0.1) is 0 Å². The first kappa shape index (κ1) is 16.5. The van der Waals surface area contributed by atoms with E-state index in [0.29, 0.717) is 13.0 Å². The van der Waals surface area contributed by atoms with Crippen molar-refractivity contribution >= 4 is 28.5 Å². The minimum Gasteiger partial charge on any atom is -0.352 e. The Kier molecular flexibility index (Phi) is 4.81. The molecule has 124 valence electrons. The number of aryl methyl sites for hydroxylation is 1. The highest BCUT2D eigenvalue weighted by molar-refractivity contribution is 6.33. The van der Waals surface area contributed by atoms with E-state index in [-0.39, 0.29) is 16.5 Å². The normalized spacial score (nSPS) is 11.0. The van der Waals surface area contributed by atoms with Crippen LogP contribution in [-0.4, -0.2) is 22.0 Å².